The summed E-state index contributed by atoms with van der Waals surface area (Å²) >= 11 is 0. The van der Waals surface area contributed by atoms with Crippen LogP contribution in [0, 0.1) is 0 Å². The van der Waals surface area contributed by atoms with Crippen molar-refractivity contribution in [1.29, 1.82) is 0 Å². The maximum atomic E-state index is 11.3. The van der Waals surface area contributed by atoms with Crippen molar-refractivity contribution < 1.29 is 19.4 Å². The van der Waals surface area contributed by atoms with Crippen LogP contribution in [0.4, 0.5) is 0 Å². The Morgan fingerprint density at radius 2 is 1.50 bits per heavy atom. The van der Waals surface area contributed by atoms with Crippen LogP contribution in [0.2, 0.25) is 0 Å². The first-order valence-corrected chi connectivity index (χ1v) is 9.97. The number of rotatable bonds is 9. The topological polar surface area (TPSA) is 55.8 Å². The summed E-state index contributed by atoms with van der Waals surface area (Å²) in [4.78, 5) is 11.3. The smallest absolute Gasteiger partial charge is 0.347 e. The largest absolute Gasteiger partial charge is 0.490 e. The minimum absolute atomic E-state index is 0.373. The molecule has 0 fully saturated rings. The van der Waals surface area contributed by atoms with Gasteiger partial charge >= 0.3 is 5.97 Å². The molecule has 30 heavy (non-hydrogen) atoms. The zero-order chi connectivity index (χ0) is 21.4. The van der Waals surface area contributed by atoms with E-state index in [1.165, 1.54) is 11.1 Å². The maximum Gasteiger partial charge on any atom is 0.347 e. The second-order valence-corrected chi connectivity index (χ2v) is 7.16. The van der Waals surface area contributed by atoms with Gasteiger partial charge in [-0.15, -0.1) is 0 Å². The zero-order valence-corrected chi connectivity index (χ0v) is 17.2. The fourth-order valence-corrected chi connectivity index (χ4v) is 2.88. The summed E-state index contributed by atoms with van der Waals surface area (Å²) in [5, 5.41) is 9.30. The molecule has 1 unspecified atom stereocenters. The second kappa shape index (κ2) is 9.79. The van der Waals surface area contributed by atoms with E-state index in [9.17, 15) is 9.90 Å². The van der Waals surface area contributed by atoms with Gasteiger partial charge in [0.1, 0.15) is 18.1 Å². The van der Waals surface area contributed by atoms with Crippen LogP contribution in [0.3, 0.4) is 0 Å². The molecule has 0 spiro atoms. The van der Waals surface area contributed by atoms with E-state index >= 15 is 0 Å². The fraction of sp³-hybridized carbons (Fsp3) is 0.192. The summed E-state index contributed by atoms with van der Waals surface area (Å²) in [7, 11) is 0. The molecular formula is C26H26O4. The highest BCUT2D eigenvalue weighted by molar-refractivity contribution is 5.77. The third-order valence-electron chi connectivity index (χ3n) is 4.97. The van der Waals surface area contributed by atoms with E-state index in [4.69, 9.17) is 9.47 Å². The van der Waals surface area contributed by atoms with Gasteiger partial charge in [0.05, 0.1) is 0 Å². The monoisotopic (exact) mass is 402 g/mol. The van der Waals surface area contributed by atoms with Gasteiger partial charge < -0.3 is 14.6 Å². The summed E-state index contributed by atoms with van der Waals surface area (Å²) in [5.41, 5.74) is 2.26. The molecular weight excluding hydrogens is 376 g/mol. The molecule has 3 rings (SSSR count). The minimum Gasteiger partial charge on any atom is -0.490 e. The number of ether oxygens (including phenoxy) is 2. The molecule has 0 aliphatic carbocycles. The van der Waals surface area contributed by atoms with Gasteiger partial charge in [-0.05, 0) is 60.4 Å². The number of carboxylic acid groups (broad SMARTS) is 1. The van der Waals surface area contributed by atoms with Crippen molar-refractivity contribution >= 4 is 12.0 Å². The van der Waals surface area contributed by atoms with Crippen LogP contribution in [0.25, 0.3) is 17.2 Å². The lowest BCUT2D eigenvalue weighted by Crippen LogP contribution is -2.40. The predicted octanol–water partition coefficient (Wildman–Crippen LogP) is 6.08. The van der Waals surface area contributed by atoms with Gasteiger partial charge in [-0.25, -0.2) is 4.79 Å². The maximum absolute atomic E-state index is 11.3. The van der Waals surface area contributed by atoms with Gasteiger partial charge in [-0.2, -0.15) is 0 Å². The van der Waals surface area contributed by atoms with Crippen LogP contribution < -0.4 is 9.47 Å². The van der Waals surface area contributed by atoms with Crippen molar-refractivity contribution in [3.05, 3.63) is 90.5 Å². The molecule has 1 atom stereocenters. The molecule has 154 valence electrons. The Morgan fingerprint density at radius 1 is 0.900 bits per heavy atom. The zero-order valence-electron chi connectivity index (χ0n) is 17.2. The average molecular weight is 402 g/mol. The first-order chi connectivity index (χ1) is 14.5. The molecule has 0 amide bonds. The van der Waals surface area contributed by atoms with E-state index in [0.717, 1.165) is 5.56 Å². The molecule has 3 aromatic carbocycles. The molecule has 0 radical (unpaired) electrons. The van der Waals surface area contributed by atoms with Gasteiger partial charge in [0, 0.05) is 0 Å². The molecule has 1 N–H and O–H groups in total. The molecule has 0 heterocycles. The Labute approximate surface area is 177 Å². The molecule has 0 aromatic heterocycles. The van der Waals surface area contributed by atoms with Crippen molar-refractivity contribution in [1.82, 2.24) is 0 Å². The Balaban J connectivity index is 1.51. The van der Waals surface area contributed by atoms with Gasteiger partial charge in [0.15, 0.2) is 0 Å². The van der Waals surface area contributed by atoms with E-state index in [1.54, 1.807) is 38.1 Å². The highest BCUT2D eigenvalue weighted by atomic mass is 16.5. The fourth-order valence-electron chi connectivity index (χ4n) is 2.88. The van der Waals surface area contributed by atoms with E-state index in [-0.39, 0.29) is 0 Å². The second-order valence-electron chi connectivity index (χ2n) is 7.16. The van der Waals surface area contributed by atoms with Crippen LogP contribution in [0.5, 0.6) is 11.5 Å². The summed E-state index contributed by atoms with van der Waals surface area (Å²) < 4.78 is 11.3. The van der Waals surface area contributed by atoms with Crippen molar-refractivity contribution in [3.8, 4) is 22.6 Å². The van der Waals surface area contributed by atoms with Crippen molar-refractivity contribution in [2.75, 3.05) is 6.61 Å². The molecule has 4 heteroatoms. The first kappa shape index (κ1) is 21.2. The van der Waals surface area contributed by atoms with Crippen molar-refractivity contribution in [3.63, 3.8) is 0 Å². The van der Waals surface area contributed by atoms with Gasteiger partial charge in [0.25, 0.3) is 0 Å². The van der Waals surface area contributed by atoms with E-state index in [0.29, 0.717) is 24.5 Å². The SMILES string of the molecule is CCC(C)(Oc1ccc(OCC=Cc2ccc(-c3ccccc3)cc2)cc1)C(=O)O. The Morgan fingerprint density at radius 3 is 2.10 bits per heavy atom. The van der Waals surface area contributed by atoms with Crippen molar-refractivity contribution in [2.45, 2.75) is 25.9 Å². The highest BCUT2D eigenvalue weighted by Crippen LogP contribution is 2.24. The summed E-state index contributed by atoms with van der Waals surface area (Å²) in [6.45, 7) is 3.78. The van der Waals surface area contributed by atoms with Crippen LogP contribution >= 0.6 is 0 Å². The quantitative estimate of drug-likeness (QED) is 0.471. The minimum atomic E-state index is -1.23. The van der Waals surface area contributed by atoms with Crippen LogP contribution in [-0.2, 0) is 4.79 Å². The number of carbonyl (C=O) groups is 1. The van der Waals surface area contributed by atoms with Gasteiger partial charge in [0.2, 0.25) is 5.60 Å². The molecule has 4 nitrogen and oxygen atoms in total. The predicted molar refractivity (Wildman–Crippen MR) is 120 cm³/mol. The number of hydrogen-bond acceptors (Lipinski definition) is 3. The third-order valence-corrected chi connectivity index (χ3v) is 4.97. The third kappa shape index (κ3) is 5.51. The molecule has 3 aromatic rings. The Bertz CT molecular complexity index is 976. The lowest BCUT2D eigenvalue weighted by molar-refractivity contribution is -0.154. The lowest BCUT2D eigenvalue weighted by atomic mass is 10.0. The lowest BCUT2D eigenvalue weighted by Gasteiger charge is -2.24. The van der Waals surface area contributed by atoms with Crippen LogP contribution in [0.15, 0.2) is 84.9 Å². The summed E-state index contributed by atoms with van der Waals surface area (Å²) in [6.07, 6.45) is 4.35. The number of carboxylic acids is 1. The number of benzene rings is 3. The van der Waals surface area contributed by atoms with Crippen LogP contribution in [0.1, 0.15) is 25.8 Å². The van der Waals surface area contributed by atoms with E-state index < -0.39 is 11.6 Å². The normalized spacial score (nSPS) is 13.0. The van der Waals surface area contributed by atoms with E-state index in [1.807, 2.05) is 30.4 Å². The van der Waals surface area contributed by atoms with Crippen molar-refractivity contribution in [2.24, 2.45) is 0 Å². The number of hydrogen-bond donors (Lipinski definition) is 1. The molecule has 0 bridgehead atoms. The Kier molecular flexibility index (Phi) is 6.91. The molecule has 0 aliphatic heterocycles. The Hall–Kier alpha value is -3.53. The standard InChI is InChI=1S/C26H26O4/c1-3-26(2,25(27)28)30-24-17-15-23(16-18-24)29-19-7-8-20-11-13-22(14-12-20)21-9-5-4-6-10-21/h4-18H,3,19H2,1-2H3,(H,27,28). The summed E-state index contributed by atoms with van der Waals surface area (Å²) in [5.74, 6) is 0.218. The molecule has 0 saturated carbocycles. The highest BCUT2D eigenvalue weighted by Gasteiger charge is 2.33. The first-order valence-electron chi connectivity index (χ1n) is 9.97. The van der Waals surface area contributed by atoms with Gasteiger partial charge in [-0.1, -0.05) is 67.6 Å². The van der Waals surface area contributed by atoms with Gasteiger partial charge in [-0.3, -0.25) is 0 Å². The average Bonchev–Trinajstić information content (AvgIpc) is 2.78. The van der Waals surface area contributed by atoms with E-state index in [2.05, 4.69) is 36.4 Å². The number of aliphatic carboxylic acids is 1. The molecule has 0 saturated heterocycles. The summed E-state index contributed by atoms with van der Waals surface area (Å²) in [6, 6.07) is 25.6. The van der Waals surface area contributed by atoms with Crippen LogP contribution in [-0.4, -0.2) is 23.3 Å². The molecule has 0 aliphatic rings.